The molecular weight excluding hydrogens is 246 g/mol. The molecule has 0 spiro atoms. The Morgan fingerprint density at radius 3 is 2.53 bits per heavy atom. The van der Waals surface area contributed by atoms with Crippen LogP contribution in [0.3, 0.4) is 0 Å². The predicted octanol–water partition coefficient (Wildman–Crippen LogP) is 2.43. The van der Waals surface area contributed by atoms with Gasteiger partial charge < -0.3 is 0 Å². The summed E-state index contributed by atoms with van der Waals surface area (Å²) in [4.78, 5) is 26.0. The van der Waals surface area contributed by atoms with Crippen molar-refractivity contribution < 1.29 is 0 Å². The Hall–Kier alpha value is -2.31. The van der Waals surface area contributed by atoms with E-state index in [2.05, 4.69) is 15.6 Å². The topological polar surface area (TPSA) is 79.9 Å². The van der Waals surface area contributed by atoms with E-state index in [0.717, 1.165) is 23.9 Å². The van der Waals surface area contributed by atoms with E-state index in [4.69, 9.17) is 0 Å². The lowest BCUT2D eigenvalue weighted by molar-refractivity contribution is 0.214. The molecule has 2 aromatic rings. The molecular formula is C12H13N5O2. The van der Waals surface area contributed by atoms with Gasteiger partial charge in [-0.15, -0.1) is 9.81 Å². The largest absolute Gasteiger partial charge is 0.261 e. The van der Waals surface area contributed by atoms with Crippen LogP contribution in [0.4, 0.5) is 0 Å². The van der Waals surface area contributed by atoms with E-state index >= 15 is 0 Å². The van der Waals surface area contributed by atoms with Gasteiger partial charge in [0.2, 0.25) is 0 Å². The maximum absolute atomic E-state index is 11.1. The summed E-state index contributed by atoms with van der Waals surface area (Å²) in [6.07, 6.45) is 1.51. The van der Waals surface area contributed by atoms with Crippen LogP contribution in [0.1, 0.15) is 24.6 Å². The highest BCUT2D eigenvalue weighted by atomic mass is 16.3. The van der Waals surface area contributed by atoms with Crippen LogP contribution < -0.4 is 0 Å². The summed E-state index contributed by atoms with van der Waals surface area (Å²) in [5.41, 5.74) is 1.50. The molecule has 0 amide bonds. The Morgan fingerprint density at radius 2 is 1.84 bits per heavy atom. The molecule has 0 bridgehead atoms. The van der Waals surface area contributed by atoms with Crippen molar-refractivity contribution in [2.45, 2.75) is 18.8 Å². The lowest BCUT2D eigenvalue weighted by atomic mass is 9.97. The molecule has 1 saturated heterocycles. The number of hydrogen-bond acceptors (Lipinski definition) is 5. The summed E-state index contributed by atoms with van der Waals surface area (Å²) >= 11 is 0. The van der Waals surface area contributed by atoms with Crippen molar-refractivity contribution in [3.8, 4) is 0 Å². The van der Waals surface area contributed by atoms with Crippen LogP contribution in [0.25, 0.3) is 11.0 Å². The van der Waals surface area contributed by atoms with Crippen molar-refractivity contribution in [1.29, 1.82) is 0 Å². The second-order valence-electron chi connectivity index (χ2n) is 4.66. The zero-order valence-electron chi connectivity index (χ0n) is 10.3. The fourth-order valence-electron chi connectivity index (χ4n) is 2.59. The summed E-state index contributed by atoms with van der Waals surface area (Å²) in [6.45, 7) is 1.19. The first-order valence-corrected chi connectivity index (χ1v) is 6.22. The van der Waals surface area contributed by atoms with Gasteiger partial charge >= 0.3 is 0 Å². The number of para-hydroxylation sites is 2. The van der Waals surface area contributed by atoms with Crippen LogP contribution in [-0.2, 0) is 0 Å². The van der Waals surface area contributed by atoms with E-state index in [-0.39, 0.29) is 5.92 Å². The number of benzene rings is 1. The highest BCUT2D eigenvalue weighted by Crippen LogP contribution is 2.30. The fourth-order valence-corrected chi connectivity index (χ4v) is 2.59. The van der Waals surface area contributed by atoms with Crippen LogP contribution >= 0.6 is 0 Å². The van der Waals surface area contributed by atoms with Crippen molar-refractivity contribution in [2.24, 2.45) is 10.6 Å². The molecule has 7 heteroatoms. The summed E-state index contributed by atoms with van der Waals surface area (Å²) < 4.78 is 1.37. The third-order valence-corrected chi connectivity index (χ3v) is 3.60. The molecule has 1 aliphatic heterocycles. The number of nitrogens with zero attached hydrogens (tertiary/aromatic N) is 5. The standard InChI is InChI=1S/C12H13N5O2/c18-14-16-7-5-9(6-8-16)12-13-10-3-1-2-4-11(10)17(12)15-19/h1-4,9H,5-8H2. The molecule has 0 radical (unpaired) electrons. The average Bonchev–Trinajstić information content (AvgIpc) is 2.85. The Kier molecular flexibility index (Phi) is 2.94. The quantitative estimate of drug-likeness (QED) is 0.793. The number of hydrogen-bond donors (Lipinski definition) is 0. The van der Waals surface area contributed by atoms with Gasteiger partial charge in [-0.2, -0.15) is 4.68 Å². The number of imidazole rings is 1. The lowest BCUT2D eigenvalue weighted by Gasteiger charge is -2.26. The van der Waals surface area contributed by atoms with Gasteiger partial charge in [-0.25, -0.2) is 4.98 Å². The van der Waals surface area contributed by atoms with Crippen LogP contribution in [0.5, 0.6) is 0 Å². The number of piperidine rings is 1. The van der Waals surface area contributed by atoms with E-state index < -0.39 is 0 Å². The Morgan fingerprint density at radius 1 is 1.11 bits per heavy atom. The molecule has 0 N–H and O–H groups in total. The Bertz CT molecular complexity index is 616. The average molecular weight is 259 g/mol. The monoisotopic (exact) mass is 259 g/mol. The van der Waals surface area contributed by atoms with E-state index in [1.165, 1.54) is 9.69 Å². The fraction of sp³-hybridized carbons (Fsp3) is 0.417. The highest BCUT2D eigenvalue weighted by Gasteiger charge is 2.26. The normalized spacial score (nSPS) is 16.7. The maximum atomic E-state index is 11.1. The summed E-state index contributed by atoms with van der Waals surface area (Å²) in [5.74, 6) is 0.824. The minimum atomic E-state index is 0.142. The first-order chi connectivity index (χ1) is 9.33. The van der Waals surface area contributed by atoms with Crippen molar-refractivity contribution in [2.75, 3.05) is 13.1 Å². The highest BCUT2D eigenvalue weighted by molar-refractivity contribution is 5.75. The summed E-state index contributed by atoms with van der Waals surface area (Å²) in [5, 5.41) is 7.51. The number of aromatic nitrogens is 2. The molecule has 3 rings (SSSR count). The molecule has 19 heavy (non-hydrogen) atoms. The smallest absolute Gasteiger partial charge is 0.137 e. The van der Waals surface area contributed by atoms with Gasteiger partial charge in [-0.05, 0) is 25.0 Å². The minimum absolute atomic E-state index is 0.142. The zero-order chi connectivity index (χ0) is 13.2. The first kappa shape index (κ1) is 11.8. The SMILES string of the molecule is O=NN1CCC(c2nc3ccccc3n2N=O)CC1. The molecule has 1 aromatic carbocycles. The van der Waals surface area contributed by atoms with E-state index in [0.29, 0.717) is 18.9 Å². The molecule has 2 heterocycles. The van der Waals surface area contributed by atoms with Gasteiger partial charge in [-0.1, -0.05) is 12.1 Å². The maximum Gasteiger partial charge on any atom is 0.137 e. The molecule has 1 aromatic heterocycles. The van der Waals surface area contributed by atoms with Crippen molar-refractivity contribution in [3.63, 3.8) is 0 Å². The van der Waals surface area contributed by atoms with Crippen LogP contribution in [0.15, 0.2) is 34.8 Å². The third kappa shape index (κ3) is 1.96. The molecule has 0 aliphatic carbocycles. The molecule has 98 valence electrons. The van der Waals surface area contributed by atoms with Crippen molar-refractivity contribution in [3.05, 3.63) is 39.9 Å². The van der Waals surface area contributed by atoms with Crippen LogP contribution in [0, 0.1) is 9.81 Å². The molecule has 0 saturated carbocycles. The van der Waals surface area contributed by atoms with Crippen LogP contribution in [-0.4, -0.2) is 27.8 Å². The zero-order valence-corrected chi connectivity index (χ0v) is 10.3. The van der Waals surface area contributed by atoms with Gasteiger partial charge in [0.15, 0.2) is 0 Å². The third-order valence-electron chi connectivity index (χ3n) is 3.60. The van der Waals surface area contributed by atoms with Gasteiger partial charge in [0, 0.05) is 19.0 Å². The summed E-state index contributed by atoms with van der Waals surface area (Å²) in [6, 6.07) is 7.43. The minimum Gasteiger partial charge on any atom is -0.261 e. The number of rotatable bonds is 3. The number of nitroso groups, excluding NO2 is 2. The molecule has 1 fully saturated rings. The van der Waals surface area contributed by atoms with Gasteiger partial charge in [0.05, 0.1) is 21.6 Å². The summed E-state index contributed by atoms with van der Waals surface area (Å²) in [7, 11) is 0. The lowest BCUT2D eigenvalue weighted by Crippen LogP contribution is -2.29. The van der Waals surface area contributed by atoms with Crippen molar-refractivity contribution >= 4 is 11.0 Å². The second-order valence-corrected chi connectivity index (χ2v) is 4.66. The van der Waals surface area contributed by atoms with E-state index in [1.54, 1.807) is 0 Å². The van der Waals surface area contributed by atoms with Gasteiger partial charge in [0.1, 0.15) is 5.82 Å². The molecule has 0 unspecified atom stereocenters. The number of fused-ring (bicyclic) bond motifs is 1. The van der Waals surface area contributed by atoms with Gasteiger partial charge in [-0.3, -0.25) is 5.01 Å². The van der Waals surface area contributed by atoms with Crippen LogP contribution in [0.2, 0.25) is 0 Å². The van der Waals surface area contributed by atoms with Gasteiger partial charge in [0.25, 0.3) is 0 Å². The Balaban J connectivity index is 1.96. The van der Waals surface area contributed by atoms with E-state index in [1.807, 2.05) is 24.3 Å². The molecule has 0 atom stereocenters. The molecule has 1 aliphatic rings. The van der Waals surface area contributed by atoms with Crippen molar-refractivity contribution in [1.82, 2.24) is 14.7 Å². The first-order valence-electron chi connectivity index (χ1n) is 6.22. The Labute approximate surface area is 109 Å². The molecule has 7 nitrogen and oxygen atoms in total. The van der Waals surface area contributed by atoms with E-state index in [9.17, 15) is 9.81 Å². The second kappa shape index (κ2) is 4.75. The predicted molar refractivity (Wildman–Crippen MR) is 70.3 cm³/mol.